The van der Waals surface area contributed by atoms with E-state index in [-0.39, 0.29) is 5.69 Å². The van der Waals surface area contributed by atoms with Gasteiger partial charge in [0, 0.05) is 17.3 Å². The van der Waals surface area contributed by atoms with Gasteiger partial charge in [0.1, 0.15) is 5.15 Å². The molecule has 0 aliphatic heterocycles. The maximum atomic E-state index is 10.9. The van der Waals surface area contributed by atoms with Crippen LogP contribution in [0.5, 0.6) is 0 Å². The number of aryl methyl sites for hydroxylation is 1. The summed E-state index contributed by atoms with van der Waals surface area (Å²) >= 11 is 6.32. The first kappa shape index (κ1) is 11.5. The Kier molecular flexibility index (Phi) is 2.70. The molecule has 5 nitrogen and oxygen atoms in total. The number of hydrogen-bond donors (Lipinski definition) is 1. The second-order valence-corrected chi connectivity index (χ2v) is 4.85. The zero-order chi connectivity index (χ0) is 12.7. The van der Waals surface area contributed by atoms with Crippen molar-refractivity contribution in [2.75, 3.05) is 0 Å². The van der Waals surface area contributed by atoms with Gasteiger partial charge in [-0.3, -0.25) is 0 Å². The largest absolute Gasteiger partial charge is 0.476 e. The normalized spacial score (nSPS) is 15.4. The van der Waals surface area contributed by atoms with Crippen molar-refractivity contribution in [3.05, 3.63) is 28.2 Å². The van der Waals surface area contributed by atoms with E-state index in [2.05, 4.69) is 10.1 Å². The van der Waals surface area contributed by atoms with Gasteiger partial charge in [-0.2, -0.15) is 5.10 Å². The molecule has 0 spiro atoms. The van der Waals surface area contributed by atoms with Gasteiger partial charge in [-0.25, -0.2) is 14.3 Å². The van der Waals surface area contributed by atoms with Gasteiger partial charge in [0.25, 0.3) is 0 Å². The van der Waals surface area contributed by atoms with Gasteiger partial charge in [-0.15, -0.1) is 0 Å². The number of aromatic nitrogens is 3. The Morgan fingerprint density at radius 1 is 1.33 bits per heavy atom. The van der Waals surface area contributed by atoms with Crippen LogP contribution in [0, 0.1) is 0 Å². The Labute approximate surface area is 108 Å². The van der Waals surface area contributed by atoms with E-state index in [1.54, 1.807) is 0 Å². The van der Waals surface area contributed by atoms with Crippen molar-refractivity contribution in [2.45, 2.75) is 32.1 Å². The van der Waals surface area contributed by atoms with Crippen LogP contribution in [0.3, 0.4) is 0 Å². The lowest BCUT2D eigenvalue weighted by Gasteiger charge is -2.08. The van der Waals surface area contributed by atoms with Gasteiger partial charge < -0.3 is 5.11 Å². The maximum absolute atomic E-state index is 10.9. The van der Waals surface area contributed by atoms with E-state index in [4.69, 9.17) is 16.7 Å². The third-order valence-electron chi connectivity index (χ3n) is 3.28. The Morgan fingerprint density at radius 3 is 2.89 bits per heavy atom. The smallest absolute Gasteiger partial charge is 0.356 e. The molecular formula is C12H12ClN3O2. The number of carboxylic acids is 1. The highest BCUT2D eigenvalue weighted by atomic mass is 35.5. The third kappa shape index (κ3) is 1.75. The molecule has 0 unspecified atom stereocenters. The molecule has 0 amide bonds. The Bertz CT molecular complexity index is 636. The molecule has 18 heavy (non-hydrogen) atoms. The van der Waals surface area contributed by atoms with Gasteiger partial charge in [-0.05, 0) is 25.7 Å². The Balaban J connectivity index is 2.24. The molecule has 94 valence electrons. The summed E-state index contributed by atoms with van der Waals surface area (Å²) in [5.41, 5.74) is 2.49. The number of nitrogens with zero attached hydrogens (tertiary/aromatic N) is 3. The van der Waals surface area contributed by atoms with E-state index in [1.165, 1.54) is 17.0 Å². The summed E-state index contributed by atoms with van der Waals surface area (Å²) in [6.45, 7) is 0. The number of fused-ring (bicyclic) bond motifs is 2. The predicted octanol–water partition coefficient (Wildman–Crippen LogP) is 2.35. The van der Waals surface area contributed by atoms with Crippen molar-refractivity contribution in [1.29, 1.82) is 0 Å². The summed E-state index contributed by atoms with van der Waals surface area (Å²) in [7, 11) is 0. The van der Waals surface area contributed by atoms with Crippen LogP contribution in [-0.4, -0.2) is 25.7 Å². The van der Waals surface area contributed by atoms with Crippen LogP contribution in [0.15, 0.2) is 6.07 Å². The summed E-state index contributed by atoms with van der Waals surface area (Å²) in [4.78, 5) is 15.4. The van der Waals surface area contributed by atoms with E-state index < -0.39 is 5.97 Å². The number of halogens is 1. The summed E-state index contributed by atoms with van der Waals surface area (Å²) in [6, 6.07) is 1.46. The van der Waals surface area contributed by atoms with Crippen LogP contribution in [0.2, 0.25) is 5.15 Å². The molecule has 1 aliphatic carbocycles. The number of carbonyl (C=O) groups is 1. The molecule has 0 saturated carbocycles. The monoisotopic (exact) mass is 265 g/mol. The molecule has 2 heterocycles. The SMILES string of the molecule is O=C(O)c1cc2nc3c(c(Cl)n2n1)CCCCC3. The summed E-state index contributed by atoms with van der Waals surface area (Å²) in [6.07, 6.45) is 5.16. The molecule has 6 heteroatoms. The van der Waals surface area contributed by atoms with Gasteiger partial charge in [0.15, 0.2) is 11.3 Å². The predicted molar refractivity (Wildman–Crippen MR) is 66.2 cm³/mol. The van der Waals surface area contributed by atoms with E-state index in [0.717, 1.165) is 36.9 Å². The first-order valence-corrected chi connectivity index (χ1v) is 6.35. The fourth-order valence-corrected chi connectivity index (χ4v) is 2.71. The molecule has 1 aliphatic rings. The standard InChI is InChI=1S/C12H12ClN3O2/c13-11-7-4-2-1-3-5-8(7)14-10-6-9(12(17)18)15-16(10)11/h6H,1-5H2,(H,17,18). The zero-order valence-corrected chi connectivity index (χ0v) is 10.4. The minimum absolute atomic E-state index is 0.0236. The Morgan fingerprint density at radius 2 is 2.11 bits per heavy atom. The quantitative estimate of drug-likeness (QED) is 0.635. The topological polar surface area (TPSA) is 67.5 Å². The first-order valence-electron chi connectivity index (χ1n) is 5.97. The molecule has 3 rings (SSSR count). The fraction of sp³-hybridized carbons (Fsp3) is 0.417. The highest BCUT2D eigenvalue weighted by molar-refractivity contribution is 6.30. The van der Waals surface area contributed by atoms with Crippen molar-refractivity contribution in [3.8, 4) is 0 Å². The molecular weight excluding hydrogens is 254 g/mol. The second kappa shape index (κ2) is 4.24. The highest BCUT2D eigenvalue weighted by Gasteiger charge is 2.19. The lowest BCUT2D eigenvalue weighted by Crippen LogP contribution is -2.04. The molecule has 0 saturated heterocycles. The summed E-state index contributed by atoms with van der Waals surface area (Å²) in [5, 5.41) is 13.4. The molecule has 0 fully saturated rings. The average Bonchev–Trinajstić information content (AvgIpc) is 2.62. The molecule has 0 radical (unpaired) electrons. The second-order valence-electron chi connectivity index (χ2n) is 4.49. The number of carboxylic acid groups (broad SMARTS) is 1. The van der Waals surface area contributed by atoms with Crippen LogP contribution >= 0.6 is 11.6 Å². The molecule has 2 aromatic rings. The third-order valence-corrected chi connectivity index (χ3v) is 3.67. The van der Waals surface area contributed by atoms with Gasteiger partial charge >= 0.3 is 5.97 Å². The van der Waals surface area contributed by atoms with Crippen LogP contribution in [0.25, 0.3) is 5.65 Å². The van der Waals surface area contributed by atoms with Crippen LogP contribution in [-0.2, 0) is 12.8 Å². The lowest BCUT2D eigenvalue weighted by molar-refractivity contribution is 0.0690. The molecule has 0 bridgehead atoms. The van der Waals surface area contributed by atoms with Gasteiger partial charge in [0.05, 0.1) is 0 Å². The maximum Gasteiger partial charge on any atom is 0.356 e. The molecule has 0 aromatic carbocycles. The van der Waals surface area contributed by atoms with E-state index in [0.29, 0.717) is 10.8 Å². The van der Waals surface area contributed by atoms with E-state index in [1.807, 2.05) is 0 Å². The molecule has 1 N–H and O–H groups in total. The van der Waals surface area contributed by atoms with Crippen molar-refractivity contribution in [3.63, 3.8) is 0 Å². The minimum Gasteiger partial charge on any atom is -0.476 e. The van der Waals surface area contributed by atoms with Crippen molar-refractivity contribution in [1.82, 2.24) is 14.6 Å². The van der Waals surface area contributed by atoms with Gasteiger partial charge in [-0.1, -0.05) is 18.0 Å². The van der Waals surface area contributed by atoms with Crippen molar-refractivity contribution >= 4 is 23.2 Å². The van der Waals surface area contributed by atoms with Crippen molar-refractivity contribution < 1.29 is 9.90 Å². The van der Waals surface area contributed by atoms with E-state index >= 15 is 0 Å². The number of hydrogen-bond acceptors (Lipinski definition) is 3. The molecule has 2 aromatic heterocycles. The zero-order valence-electron chi connectivity index (χ0n) is 9.69. The number of aromatic carboxylic acids is 1. The minimum atomic E-state index is -1.06. The highest BCUT2D eigenvalue weighted by Crippen LogP contribution is 2.27. The summed E-state index contributed by atoms with van der Waals surface area (Å²) < 4.78 is 1.43. The number of rotatable bonds is 1. The summed E-state index contributed by atoms with van der Waals surface area (Å²) in [5.74, 6) is -1.06. The Hall–Kier alpha value is -1.62. The molecule has 0 atom stereocenters. The van der Waals surface area contributed by atoms with E-state index in [9.17, 15) is 4.79 Å². The van der Waals surface area contributed by atoms with Crippen LogP contribution < -0.4 is 0 Å². The van der Waals surface area contributed by atoms with Gasteiger partial charge in [0.2, 0.25) is 0 Å². The average molecular weight is 266 g/mol. The van der Waals surface area contributed by atoms with Crippen molar-refractivity contribution in [2.24, 2.45) is 0 Å². The van der Waals surface area contributed by atoms with Crippen LogP contribution in [0.4, 0.5) is 0 Å². The fourth-order valence-electron chi connectivity index (χ4n) is 2.38. The van der Waals surface area contributed by atoms with Crippen LogP contribution in [0.1, 0.15) is 41.0 Å². The lowest BCUT2D eigenvalue weighted by atomic mass is 10.1. The first-order chi connectivity index (χ1) is 8.66.